The summed E-state index contributed by atoms with van der Waals surface area (Å²) in [4.78, 5) is 0. The molecule has 0 aliphatic rings. The Labute approximate surface area is 126 Å². The monoisotopic (exact) mass is 286 g/mol. The van der Waals surface area contributed by atoms with Crippen LogP contribution in [0.5, 0.6) is 11.5 Å². The molecule has 0 aromatic heterocycles. The van der Waals surface area contributed by atoms with Gasteiger partial charge in [0.25, 0.3) is 0 Å². The standard InChI is InChI=1S/C18H22O3/c1-4-20-16-11-10-15(12-17(16)21-5-2)18(19)14-8-6-13(3)7-9-14/h6-12,18-19H,4-5H2,1-3H3. The summed E-state index contributed by atoms with van der Waals surface area (Å²) >= 11 is 0. The molecule has 1 N–H and O–H groups in total. The van der Waals surface area contributed by atoms with Crippen molar-refractivity contribution in [1.82, 2.24) is 0 Å². The van der Waals surface area contributed by atoms with E-state index >= 15 is 0 Å². The molecule has 0 heterocycles. The lowest BCUT2D eigenvalue weighted by molar-refractivity contribution is 0.218. The fraction of sp³-hybridized carbons (Fsp3) is 0.333. The fourth-order valence-corrected chi connectivity index (χ4v) is 2.18. The Morgan fingerprint density at radius 3 is 2.05 bits per heavy atom. The molecule has 0 aliphatic heterocycles. The molecule has 0 bridgehead atoms. The van der Waals surface area contributed by atoms with E-state index in [-0.39, 0.29) is 0 Å². The number of aliphatic hydroxyl groups excluding tert-OH is 1. The SMILES string of the molecule is CCOc1ccc(C(O)c2ccc(C)cc2)cc1OCC. The minimum atomic E-state index is -0.666. The van der Waals surface area contributed by atoms with Gasteiger partial charge in [-0.2, -0.15) is 0 Å². The molecule has 3 nitrogen and oxygen atoms in total. The van der Waals surface area contributed by atoms with Crippen molar-refractivity contribution in [2.75, 3.05) is 13.2 Å². The summed E-state index contributed by atoms with van der Waals surface area (Å²) < 4.78 is 11.1. The van der Waals surface area contributed by atoms with Gasteiger partial charge in [-0.25, -0.2) is 0 Å². The van der Waals surface area contributed by atoms with Crippen LogP contribution in [0.25, 0.3) is 0 Å². The second-order valence-electron chi connectivity index (χ2n) is 4.89. The van der Waals surface area contributed by atoms with Crippen LogP contribution in [-0.4, -0.2) is 18.3 Å². The molecular formula is C18H22O3. The number of aryl methyl sites for hydroxylation is 1. The molecule has 0 saturated carbocycles. The zero-order chi connectivity index (χ0) is 15.2. The number of aliphatic hydroxyl groups is 1. The van der Waals surface area contributed by atoms with Crippen LogP contribution in [0.2, 0.25) is 0 Å². The molecule has 3 heteroatoms. The number of benzene rings is 2. The molecule has 112 valence electrons. The highest BCUT2D eigenvalue weighted by Gasteiger charge is 2.14. The van der Waals surface area contributed by atoms with E-state index in [2.05, 4.69) is 0 Å². The average molecular weight is 286 g/mol. The summed E-state index contributed by atoms with van der Waals surface area (Å²) in [6, 6.07) is 13.4. The Morgan fingerprint density at radius 1 is 0.857 bits per heavy atom. The number of rotatable bonds is 6. The Kier molecular flexibility index (Phi) is 5.23. The average Bonchev–Trinajstić information content (AvgIpc) is 2.49. The van der Waals surface area contributed by atoms with Gasteiger partial charge in [-0.3, -0.25) is 0 Å². The highest BCUT2D eigenvalue weighted by Crippen LogP contribution is 2.32. The quantitative estimate of drug-likeness (QED) is 0.876. The summed E-state index contributed by atoms with van der Waals surface area (Å²) in [5.41, 5.74) is 2.84. The van der Waals surface area contributed by atoms with Gasteiger partial charge in [0.05, 0.1) is 13.2 Å². The third-order valence-corrected chi connectivity index (χ3v) is 3.28. The second-order valence-corrected chi connectivity index (χ2v) is 4.89. The van der Waals surface area contributed by atoms with E-state index in [4.69, 9.17) is 9.47 Å². The number of hydrogen-bond acceptors (Lipinski definition) is 3. The fourth-order valence-electron chi connectivity index (χ4n) is 2.18. The molecule has 1 unspecified atom stereocenters. The van der Waals surface area contributed by atoms with E-state index in [1.165, 1.54) is 5.56 Å². The maximum atomic E-state index is 10.5. The maximum absolute atomic E-state index is 10.5. The highest BCUT2D eigenvalue weighted by atomic mass is 16.5. The maximum Gasteiger partial charge on any atom is 0.161 e. The second kappa shape index (κ2) is 7.14. The van der Waals surface area contributed by atoms with E-state index in [0.29, 0.717) is 24.7 Å². The van der Waals surface area contributed by atoms with Crippen molar-refractivity contribution < 1.29 is 14.6 Å². The number of ether oxygens (including phenoxy) is 2. The van der Waals surface area contributed by atoms with E-state index in [0.717, 1.165) is 11.1 Å². The molecule has 0 aliphatic carbocycles. The predicted octanol–water partition coefficient (Wildman–Crippen LogP) is 3.87. The van der Waals surface area contributed by atoms with Crippen LogP contribution >= 0.6 is 0 Å². The van der Waals surface area contributed by atoms with Crippen molar-refractivity contribution in [1.29, 1.82) is 0 Å². The van der Waals surface area contributed by atoms with Gasteiger partial charge in [0.2, 0.25) is 0 Å². The molecule has 21 heavy (non-hydrogen) atoms. The molecule has 1 atom stereocenters. The molecule has 0 amide bonds. The van der Waals surface area contributed by atoms with Crippen LogP contribution in [0.3, 0.4) is 0 Å². The van der Waals surface area contributed by atoms with Crippen molar-refractivity contribution in [3.63, 3.8) is 0 Å². The molecule has 0 radical (unpaired) electrons. The van der Waals surface area contributed by atoms with Crippen molar-refractivity contribution in [3.8, 4) is 11.5 Å². The van der Waals surface area contributed by atoms with Crippen molar-refractivity contribution in [2.24, 2.45) is 0 Å². The van der Waals surface area contributed by atoms with E-state index in [9.17, 15) is 5.11 Å². The van der Waals surface area contributed by atoms with E-state index in [1.54, 1.807) is 0 Å². The minimum absolute atomic E-state index is 0.560. The summed E-state index contributed by atoms with van der Waals surface area (Å²) in [7, 11) is 0. The van der Waals surface area contributed by atoms with Crippen molar-refractivity contribution in [2.45, 2.75) is 26.9 Å². The van der Waals surface area contributed by atoms with Gasteiger partial charge in [-0.1, -0.05) is 35.9 Å². The summed E-state index contributed by atoms with van der Waals surface area (Å²) in [5.74, 6) is 1.38. The van der Waals surface area contributed by atoms with E-state index < -0.39 is 6.10 Å². The third-order valence-electron chi connectivity index (χ3n) is 3.28. The van der Waals surface area contributed by atoms with Gasteiger partial charge >= 0.3 is 0 Å². The first-order chi connectivity index (χ1) is 10.2. The van der Waals surface area contributed by atoms with E-state index in [1.807, 2.05) is 63.2 Å². The lowest BCUT2D eigenvalue weighted by atomic mass is 10.0. The molecule has 2 rings (SSSR count). The largest absolute Gasteiger partial charge is 0.490 e. The van der Waals surface area contributed by atoms with Crippen LogP contribution in [0.1, 0.15) is 36.6 Å². The van der Waals surface area contributed by atoms with Crippen LogP contribution in [-0.2, 0) is 0 Å². The summed E-state index contributed by atoms with van der Waals surface area (Å²) in [5, 5.41) is 10.5. The van der Waals surface area contributed by atoms with Crippen molar-refractivity contribution in [3.05, 3.63) is 59.2 Å². The minimum Gasteiger partial charge on any atom is -0.490 e. The van der Waals surface area contributed by atoms with Crippen LogP contribution < -0.4 is 9.47 Å². The van der Waals surface area contributed by atoms with Gasteiger partial charge in [0.15, 0.2) is 11.5 Å². The molecule has 0 spiro atoms. The molecule has 0 fully saturated rings. The third kappa shape index (κ3) is 3.76. The molecule has 0 saturated heterocycles. The zero-order valence-electron chi connectivity index (χ0n) is 12.8. The smallest absolute Gasteiger partial charge is 0.161 e. The van der Waals surface area contributed by atoms with Crippen LogP contribution in [0.15, 0.2) is 42.5 Å². The topological polar surface area (TPSA) is 38.7 Å². The first-order valence-corrected chi connectivity index (χ1v) is 7.29. The Morgan fingerprint density at radius 2 is 1.43 bits per heavy atom. The lowest BCUT2D eigenvalue weighted by Gasteiger charge is -2.16. The molecular weight excluding hydrogens is 264 g/mol. The highest BCUT2D eigenvalue weighted by molar-refractivity contribution is 5.45. The predicted molar refractivity (Wildman–Crippen MR) is 84.0 cm³/mol. The zero-order valence-corrected chi connectivity index (χ0v) is 12.8. The van der Waals surface area contributed by atoms with Gasteiger partial charge in [-0.05, 0) is 44.0 Å². The van der Waals surface area contributed by atoms with Crippen LogP contribution in [0.4, 0.5) is 0 Å². The van der Waals surface area contributed by atoms with Crippen molar-refractivity contribution >= 4 is 0 Å². The Balaban J connectivity index is 2.30. The first-order valence-electron chi connectivity index (χ1n) is 7.29. The lowest BCUT2D eigenvalue weighted by Crippen LogP contribution is -2.03. The molecule has 2 aromatic carbocycles. The van der Waals surface area contributed by atoms with Gasteiger partial charge in [0.1, 0.15) is 6.10 Å². The van der Waals surface area contributed by atoms with Gasteiger partial charge < -0.3 is 14.6 Å². The summed E-state index contributed by atoms with van der Waals surface area (Å²) in [6.45, 7) is 7.04. The van der Waals surface area contributed by atoms with Gasteiger partial charge in [-0.15, -0.1) is 0 Å². The van der Waals surface area contributed by atoms with Crippen LogP contribution in [0, 0.1) is 6.92 Å². The summed E-state index contributed by atoms with van der Waals surface area (Å²) in [6.07, 6.45) is -0.666. The Hall–Kier alpha value is -2.00. The first kappa shape index (κ1) is 15.4. The Bertz CT molecular complexity index is 576. The normalized spacial score (nSPS) is 12.0. The molecule has 2 aromatic rings. The number of hydrogen-bond donors (Lipinski definition) is 1. The van der Waals surface area contributed by atoms with Gasteiger partial charge in [0, 0.05) is 0 Å².